The van der Waals surface area contributed by atoms with E-state index in [4.69, 9.17) is 4.74 Å². The van der Waals surface area contributed by atoms with Crippen LogP contribution in [-0.2, 0) is 0 Å². The van der Waals surface area contributed by atoms with E-state index in [9.17, 15) is 4.39 Å². The lowest BCUT2D eigenvalue weighted by Crippen LogP contribution is -1.88. The van der Waals surface area contributed by atoms with E-state index < -0.39 is 0 Å². The van der Waals surface area contributed by atoms with Crippen molar-refractivity contribution in [1.29, 1.82) is 0 Å². The maximum absolute atomic E-state index is 12.7. The molecule has 0 atom stereocenters. The van der Waals surface area contributed by atoms with E-state index in [1.54, 1.807) is 6.92 Å². The van der Waals surface area contributed by atoms with Crippen LogP contribution in [0.1, 0.15) is 5.56 Å². The molecule has 0 heterocycles. The smallest absolute Gasteiger partial charge is 0.143 e. The topological polar surface area (TPSA) is 9.23 Å². The Hall–Kier alpha value is -0.830. The highest BCUT2D eigenvalue weighted by Gasteiger charge is 2.05. The van der Waals surface area contributed by atoms with Crippen LogP contribution < -0.4 is 4.74 Å². The second-order valence-corrected chi connectivity index (χ2v) is 3.17. The van der Waals surface area contributed by atoms with Gasteiger partial charge in [0.15, 0.2) is 0 Å². The first-order chi connectivity index (χ1) is 5.65. The molecule has 0 N–H and O–H groups in total. The molecule has 0 aliphatic carbocycles. The van der Waals surface area contributed by atoms with Gasteiger partial charge in [-0.1, -0.05) is 6.58 Å². The second kappa shape index (κ2) is 3.72. The van der Waals surface area contributed by atoms with E-state index in [2.05, 4.69) is 22.5 Å². The molecule has 0 aromatic heterocycles. The van der Waals surface area contributed by atoms with E-state index >= 15 is 0 Å². The molecule has 64 valence electrons. The Kier molecular flexibility index (Phi) is 2.87. The second-order valence-electron chi connectivity index (χ2n) is 2.32. The first-order valence-corrected chi connectivity index (χ1v) is 4.17. The van der Waals surface area contributed by atoms with Gasteiger partial charge in [0.25, 0.3) is 0 Å². The molecule has 0 aliphatic rings. The lowest BCUT2D eigenvalue weighted by molar-refractivity contribution is 0.474. The van der Waals surface area contributed by atoms with E-state index in [0.29, 0.717) is 10.2 Å². The Morgan fingerprint density at radius 1 is 1.58 bits per heavy atom. The summed E-state index contributed by atoms with van der Waals surface area (Å²) in [6.45, 7) is 5.19. The van der Waals surface area contributed by atoms with Gasteiger partial charge in [0.1, 0.15) is 11.6 Å². The van der Waals surface area contributed by atoms with E-state index in [0.717, 1.165) is 5.56 Å². The minimum atomic E-state index is -0.282. The first-order valence-electron chi connectivity index (χ1n) is 3.38. The minimum Gasteiger partial charge on any atom is -0.464 e. The van der Waals surface area contributed by atoms with E-state index in [1.807, 2.05) is 0 Å². The van der Waals surface area contributed by atoms with Gasteiger partial charge in [0, 0.05) is 0 Å². The molecule has 0 saturated heterocycles. The summed E-state index contributed by atoms with van der Waals surface area (Å²) < 4.78 is 18.4. The number of halogens is 2. The van der Waals surface area contributed by atoms with Crippen LogP contribution in [0.3, 0.4) is 0 Å². The van der Waals surface area contributed by atoms with Gasteiger partial charge in [-0.15, -0.1) is 0 Å². The Labute approximate surface area is 79.0 Å². The van der Waals surface area contributed by atoms with Gasteiger partial charge in [-0.05, 0) is 40.5 Å². The summed E-state index contributed by atoms with van der Waals surface area (Å²) in [6, 6.07) is 2.76. The lowest BCUT2D eigenvalue weighted by atomic mass is 10.2. The zero-order chi connectivity index (χ0) is 9.14. The van der Waals surface area contributed by atoms with Crippen molar-refractivity contribution in [2.45, 2.75) is 6.92 Å². The molecule has 3 heteroatoms. The molecule has 0 saturated carbocycles. The van der Waals surface area contributed by atoms with Crippen LogP contribution in [0.4, 0.5) is 4.39 Å². The zero-order valence-electron chi connectivity index (χ0n) is 6.60. The SMILES string of the molecule is C=COc1c(C)cc(F)cc1Br. The predicted molar refractivity (Wildman–Crippen MR) is 49.7 cm³/mol. The molecule has 0 amide bonds. The van der Waals surface area contributed by atoms with Gasteiger partial charge in [0.2, 0.25) is 0 Å². The number of aryl methyl sites for hydroxylation is 1. The molecule has 0 radical (unpaired) electrons. The maximum Gasteiger partial charge on any atom is 0.143 e. The van der Waals surface area contributed by atoms with Gasteiger partial charge in [0.05, 0.1) is 10.7 Å². The van der Waals surface area contributed by atoms with Crippen molar-refractivity contribution < 1.29 is 9.13 Å². The largest absolute Gasteiger partial charge is 0.464 e. The van der Waals surface area contributed by atoms with Gasteiger partial charge in [-0.2, -0.15) is 0 Å². The highest BCUT2D eigenvalue weighted by Crippen LogP contribution is 2.29. The van der Waals surface area contributed by atoms with Crippen LogP contribution in [0.15, 0.2) is 29.4 Å². The molecular weight excluding hydrogens is 223 g/mol. The molecule has 12 heavy (non-hydrogen) atoms. The summed E-state index contributed by atoms with van der Waals surface area (Å²) in [4.78, 5) is 0. The van der Waals surface area contributed by atoms with Gasteiger partial charge >= 0.3 is 0 Å². The van der Waals surface area contributed by atoms with Crippen LogP contribution in [-0.4, -0.2) is 0 Å². The predicted octanol–water partition coefficient (Wildman–Crippen LogP) is 3.42. The summed E-state index contributed by atoms with van der Waals surface area (Å²) in [5, 5.41) is 0. The third kappa shape index (κ3) is 1.85. The van der Waals surface area contributed by atoms with E-state index in [-0.39, 0.29) is 5.82 Å². The Balaban J connectivity index is 3.18. The summed E-state index contributed by atoms with van der Waals surface area (Å²) >= 11 is 3.19. The van der Waals surface area contributed by atoms with Gasteiger partial charge in [-0.25, -0.2) is 4.39 Å². The normalized spacial score (nSPS) is 9.58. The number of rotatable bonds is 2. The monoisotopic (exact) mass is 230 g/mol. The fourth-order valence-corrected chi connectivity index (χ4v) is 1.55. The highest BCUT2D eigenvalue weighted by molar-refractivity contribution is 9.10. The van der Waals surface area contributed by atoms with Crippen molar-refractivity contribution in [2.24, 2.45) is 0 Å². The number of hydrogen-bond acceptors (Lipinski definition) is 1. The molecule has 1 nitrogen and oxygen atoms in total. The Morgan fingerprint density at radius 3 is 2.75 bits per heavy atom. The third-order valence-corrected chi connectivity index (χ3v) is 1.98. The summed E-state index contributed by atoms with van der Waals surface area (Å²) in [5.41, 5.74) is 0.738. The lowest BCUT2D eigenvalue weighted by Gasteiger charge is -2.06. The maximum atomic E-state index is 12.7. The third-order valence-electron chi connectivity index (χ3n) is 1.40. The Bertz CT molecular complexity index is 286. The number of hydrogen-bond donors (Lipinski definition) is 0. The molecule has 0 spiro atoms. The van der Waals surface area contributed by atoms with Gasteiger partial charge in [-0.3, -0.25) is 0 Å². The standard InChI is InChI=1S/C9H8BrFO/c1-3-12-9-6(2)4-7(11)5-8(9)10/h3-5H,1H2,2H3. The number of ether oxygens (including phenoxy) is 1. The van der Waals surface area contributed by atoms with Crippen LogP contribution in [0.5, 0.6) is 5.75 Å². The van der Waals surface area contributed by atoms with Crippen molar-refractivity contribution in [1.82, 2.24) is 0 Å². The molecule has 1 aromatic rings. The van der Waals surface area contributed by atoms with Crippen molar-refractivity contribution in [3.63, 3.8) is 0 Å². The summed E-state index contributed by atoms with van der Waals surface area (Å²) in [5.74, 6) is 0.321. The molecule has 0 aliphatic heterocycles. The van der Waals surface area contributed by atoms with Crippen molar-refractivity contribution in [2.75, 3.05) is 0 Å². The van der Waals surface area contributed by atoms with Gasteiger partial charge < -0.3 is 4.74 Å². The molecule has 1 aromatic carbocycles. The Morgan fingerprint density at radius 2 is 2.25 bits per heavy atom. The average Bonchev–Trinajstić information content (AvgIpc) is 1.96. The molecule has 0 bridgehead atoms. The van der Waals surface area contributed by atoms with Crippen LogP contribution in [0.2, 0.25) is 0 Å². The highest BCUT2D eigenvalue weighted by atomic mass is 79.9. The van der Waals surface area contributed by atoms with Crippen molar-refractivity contribution >= 4 is 15.9 Å². The fraction of sp³-hybridized carbons (Fsp3) is 0.111. The first kappa shape index (κ1) is 9.26. The van der Waals surface area contributed by atoms with Crippen molar-refractivity contribution in [3.8, 4) is 5.75 Å². The summed E-state index contributed by atoms with van der Waals surface area (Å²) in [6.07, 6.45) is 1.31. The van der Waals surface area contributed by atoms with Crippen LogP contribution in [0, 0.1) is 12.7 Å². The zero-order valence-corrected chi connectivity index (χ0v) is 8.19. The molecule has 1 rings (SSSR count). The fourth-order valence-electron chi connectivity index (χ4n) is 0.922. The molecule has 0 unspecified atom stereocenters. The van der Waals surface area contributed by atoms with Crippen molar-refractivity contribution in [3.05, 3.63) is 40.8 Å². The van der Waals surface area contributed by atoms with Crippen LogP contribution in [0.25, 0.3) is 0 Å². The molecule has 0 fully saturated rings. The number of benzene rings is 1. The van der Waals surface area contributed by atoms with E-state index in [1.165, 1.54) is 18.4 Å². The quantitative estimate of drug-likeness (QED) is 0.708. The summed E-state index contributed by atoms with van der Waals surface area (Å²) in [7, 11) is 0. The average molecular weight is 231 g/mol. The molecular formula is C9H8BrFO. The van der Waals surface area contributed by atoms with Crippen LogP contribution >= 0.6 is 15.9 Å². The minimum absolute atomic E-state index is 0.282.